The van der Waals surface area contributed by atoms with Crippen LogP contribution in [0.4, 0.5) is 0 Å². The summed E-state index contributed by atoms with van der Waals surface area (Å²) in [4.78, 5) is 4.20. The maximum absolute atomic E-state index is 5.99. The Kier molecular flexibility index (Phi) is 6.10. The Hall–Kier alpha value is -1.72. The average molecular weight is 340 g/mol. The van der Waals surface area contributed by atoms with Crippen LogP contribution in [0.3, 0.4) is 0 Å². The van der Waals surface area contributed by atoms with Gasteiger partial charge in [0, 0.05) is 36.9 Å². The summed E-state index contributed by atoms with van der Waals surface area (Å²) >= 11 is 12.0. The Balaban J connectivity index is 1.80. The van der Waals surface area contributed by atoms with Crippen molar-refractivity contribution in [3.05, 3.63) is 51.8 Å². The summed E-state index contributed by atoms with van der Waals surface area (Å²) in [7, 11) is 3.66. The minimum absolute atomic E-state index is 0.654. The van der Waals surface area contributed by atoms with Gasteiger partial charge < -0.3 is 10.6 Å². The van der Waals surface area contributed by atoms with E-state index in [1.54, 1.807) is 19.3 Å². The molecule has 0 radical (unpaired) electrons. The SMILES string of the molecule is CN=C(NCCc1cc(Cl)cc(Cl)c1)NCc1ccnn1C. The number of rotatable bonds is 5. The van der Waals surface area contributed by atoms with Crippen molar-refractivity contribution >= 4 is 29.2 Å². The molecule has 0 fully saturated rings. The fourth-order valence-electron chi connectivity index (χ4n) is 2.05. The first-order valence-corrected chi connectivity index (χ1v) is 7.70. The second-order valence-electron chi connectivity index (χ2n) is 4.83. The van der Waals surface area contributed by atoms with Crippen LogP contribution < -0.4 is 10.6 Å². The molecule has 2 N–H and O–H groups in total. The number of nitrogens with one attached hydrogen (secondary N) is 2. The van der Waals surface area contributed by atoms with Gasteiger partial charge in [-0.25, -0.2) is 0 Å². The minimum Gasteiger partial charge on any atom is -0.356 e. The van der Waals surface area contributed by atoms with Gasteiger partial charge in [-0.3, -0.25) is 9.67 Å². The average Bonchev–Trinajstić information content (AvgIpc) is 2.87. The van der Waals surface area contributed by atoms with Gasteiger partial charge >= 0.3 is 0 Å². The van der Waals surface area contributed by atoms with Gasteiger partial charge in [-0.1, -0.05) is 23.2 Å². The van der Waals surface area contributed by atoms with Crippen molar-refractivity contribution in [2.24, 2.45) is 12.0 Å². The third-order valence-corrected chi connectivity index (χ3v) is 3.65. The van der Waals surface area contributed by atoms with Crippen molar-refractivity contribution in [3.63, 3.8) is 0 Å². The maximum atomic E-state index is 5.99. The zero-order chi connectivity index (χ0) is 15.9. The van der Waals surface area contributed by atoms with E-state index in [9.17, 15) is 0 Å². The summed E-state index contributed by atoms with van der Waals surface area (Å²) in [5, 5.41) is 11.9. The van der Waals surface area contributed by atoms with Crippen LogP contribution in [0.5, 0.6) is 0 Å². The molecule has 0 aliphatic carbocycles. The highest BCUT2D eigenvalue weighted by molar-refractivity contribution is 6.34. The van der Waals surface area contributed by atoms with E-state index in [1.807, 2.05) is 29.9 Å². The Morgan fingerprint density at radius 3 is 2.55 bits per heavy atom. The molecule has 1 aromatic heterocycles. The highest BCUT2D eigenvalue weighted by Crippen LogP contribution is 2.19. The lowest BCUT2D eigenvalue weighted by atomic mass is 10.1. The number of hydrogen-bond donors (Lipinski definition) is 2. The number of guanidine groups is 1. The van der Waals surface area contributed by atoms with Crippen LogP contribution in [0.2, 0.25) is 10.0 Å². The highest BCUT2D eigenvalue weighted by Gasteiger charge is 2.02. The molecule has 7 heteroatoms. The van der Waals surface area contributed by atoms with Crippen molar-refractivity contribution in [1.29, 1.82) is 0 Å². The molecule has 0 atom stereocenters. The van der Waals surface area contributed by atoms with Gasteiger partial charge in [-0.2, -0.15) is 5.10 Å². The summed E-state index contributed by atoms with van der Waals surface area (Å²) in [6.07, 6.45) is 2.59. The normalized spacial score (nSPS) is 11.5. The minimum atomic E-state index is 0.654. The second kappa shape index (κ2) is 8.06. The lowest BCUT2D eigenvalue weighted by molar-refractivity contribution is 0.684. The highest BCUT2D eigenvalue weighted by atomic mass is 35.5. The smallest absolute Gasteiger partial charge is 0.191 e. The van der Waals surface area contributed by atoms with E-state index in [2.05, 4.69) is 20.7 Å². The van der Waals surface area contributed by atoms with Crippen LogP contribution in [0.1, 0.15) is 11.3 Å². The van der Waals surface area contributed by atoms with Gasteiger partial charge in [0.05, 0.1) is 12.2 Å². The van der Waals surface area contributed by atoms with Crippen LogP contribution in [0.15, 0.2) is 35.5 Å². The Morgan fingerprint density at radius 2 is 1.95 bits per heavy atom. The molecule has 1 aromatic carbocycles. The fraction of sp³-hybridized carbons (Fsp3) is 0.333. The van der Waals surface area contributed by atoms with Crippen LogP contribution in [-0.2, 0) is 20.0 Å². The molecule has 0 spiro atoms. The van der Waals surface area contributed by atoms with Crippen molar-refractivity contribution in [1.82, 2.24) is 20.4 Å². The summed E-state index contributed by atoms with van der Waals surface area (Å²) in [6, 6.07) is 7.53. The summed E-state index contributed by atoms with van der Waals surface area (Å²) in [5.41, 5.74) is 2.18. The molecule has 0 bridgehead atoms. The molecule has 0 aliphatic heterocycles. The third-order valence-electron chi connectivity index (χ3n) is 3.21. The molecule has 5 nitrogen and oxygen atoms in total. The zero-order valence-electron chi connectivity index (χ0n) is 12.6. The van der Waals surface area contributed by atoms with Crippen LogP contribution >= 0.6 is 23.2 Å². The van der Waals surface area contributed by atoms with Gasteiger partial charge in [0.25, 0.3) is 0 Å². The number of halogens is 2. The maximum Gasteiger partial charge on any atom is 0.191 e. The van der Waals surface area contributed by atoms with Crippen molar-refractivity contribution in [3.8, 4) is 0 Å². The fourth-order valence-corrected chi connectivity index (χ4v) is 2.62. The van der Waals surface area contributed by atoms with E-state index < -0.39 is 0 Å². The number of hydrogen-bond acceptors (Lipinski definition) is 2. The van der Waals surface area contributed by atoms with Gasteiger partial charge in [0.2, 0.25) is 0 Å². The summed E-state index contributed by atoms with van der Waals surface area (Å²) in [5.74, 6) is 0.745. The molecule has 1 heterocycles. The molecule has 22 heavy (non-hydrogen) atoms. The number of aryl methyl sites for hydroxylation is 1. The molecule has 118 valence electrons. The molecule has 0 saturated carbocycles. The standard InChI is InChI=1S/C15H19Cl2N5/c1-18-15(20-10-14-4-6-21-22(14)2)19-5-3-11-7-12(16)9-13(17)8-11/h4,6-9H,3,5,10H2,1-2H3,(H2,18,19,20). The largest absolute Gasteiger partial charge is 0.356 e. The third kappa shape index (κ3) is 4.93. The van der Waals surface area contributed by atoms with E-state index in [1.165, 1.54) is 0 Å². The van der Waals surface area contributed by atoms with Crippen molar-refractivity contribution in [2.75, 3.05) is 13.6 Å². The van der Waals surface area contributed by atoms with E-state index in [4.69, 9.17) is 23.2 Å². The quantitative estimate of drug-likeness (QED) is 0.650. The predicted octanol–water partition coefficient (Wildman–Crippen LogP) is 2.63. The topological polar surface area (TPSA) is 54.2 Å². The molecule has 2 aromatic rings. The predicted molar refractivity (Wildman–Crippen MR) is 91.6 cm³/mol. The van der Waals surface area contributed by atoms with E-state index in [-0.39, 0.29) is 0 Å². The Labute approximate surface area is 140 Å². The molecular weight excluding hydrogens is 321 g/mol. The number of nitrogens with zero attached hydrogens (tertiary/aromatic N) is 3. The van der Waals surface area contributed by atoms with Crippen LogP contribution in [0, 0.1) is 0 Å². The van der Waals surface area contributed by atoms with Crippen LogP contribution in [0.25, 0.3) is 0 Å². The molecule has 0 unspecified atom stereocenters. The number of benzene rings is 1. The van der Waals surface area contributed by atoms with Gasteiger partial charge in [-0.15, -0.1) is 0 Å². The Bertz CT molecular complexity index is 631. The summed E-state index contributed by atoms with van der Waals surface area (Å²) in [6.45, 7) is 1.40. The lowest BCUT2D eigenvalue weighted by Crippen LogP contribution is -2.38. The van der Waals surface area contributed by atoms with Crippen LogP contribution in [-0.4, -0.2) is 29.3 Å². The lowest BCUT2D eigenvalue weighted by Gasteiger charge is -2.12. The monoisotopic (exact) mass is 339 g/mol. The molecule has 0 amide bonds. The van der Waals surface area contributed by atoms with Gasteiger partial charge in [-0.05, 0) is 36.2 Å². The number of aromatic nitrogens is 2. The number of aliphatic imine (C=N–C) groups is 1. The molecule has 0 aliphatic rings. The van der Waals surface area contributed by atoms with Gasteiger partial charge in [0.1, 0.15) is 0 Å². The van der Waals surface area contributed by atoms with Crippen molar-refractivity contribution < 1.29 is 0 Å². The van der Waals surface area contributed by atoms with Gasteiger partial charge in [0.15, 0.2) is 5.96 Å². The van der Waals surface area contributed by atoms with Crippen molar-refractivity contribution in [2.45, 2.75) is 13.0 Å². The van der Waals surface area contributed by atoms with E-state index in [0.717, 1.165) is 30.2 Å². The zero-order valence-corrected chi connectivity index (χ0v) is 14.1. The molecule has 2 rings (SSSR count). The second-order valence-corrected chi connectivity index (χ2v) is 5.70. The Morgan fingerprint density at radius 1 is 1.23 bits per heavy atom. The first kappa shape index (κ1) is 16.6. The first-order chi connectivity index (χ1) is 10.6. The molecular formula is C15H19Cl2N5. The van der Waals surface area contributed by atoms with E-state index in [0.29, 0.717) is 16.6 Å². The van der Waals surface area contributed by atoms with E-state index >= 15 is 0 Å². The first-order valence-electron chi connectivity index (χ1n) is 6.95. The molecule has 0 saturated heterocycles. The summed E-state index contributed by atoms with van der Waals surface area (Å²) < 4.78 is 1.83.